The molecule has 0 aliphatic heterocycles. The maximum atomic E-state index is 11.3. The van der Waals surface area contributed by atoms with Crippen LogP contribution in [-0.2, 0) is 25.9 Å². The number of hydrazone groups is 1. The number of nitrogens with one attached hydrogen (secondary N) is 2. The Hall–Kier alpha value is -10.2. The van der Waals surface area contributed by atoms with Gasteiger partial charge in [-0.1, -0.05) is 0 Å². The highest BCUT2D eigenvalue weighted by Crippen LogP contribution is 2.38. The lowest BCUT2D eigenvalue weighted by Crippen LogP contribution is -2.23. The number of nitrogen functional groups attached to an aromatic ring is 2. The Morgan fingerprint density at radius 3 is 1.30 bits per heavy atom. The van der Waals surface area contributed by atoms with E-state index in [1.165, 1.54) is 66.1 Å². The van der Waals surface area contributed by atoms with Crippen LogP contribution in [0.15, 0.2) is 97.4 Å². The minimum atomic E-state index is -1.00. The van der Waals surface area contributed by atoms with E-state index in [9.17, 15) is 9.18 Å². The van der Waals surface area contributed by atoms with E-state index in [1.807, 2.05) is 126 Å². The molecular weight excluding hydrogens is 1260 g/mol. The van der Waals surface area contributed by atoms with Crippen LogP contribution in [-0.4, -0.2) is 132 Å². The molecule has 0 spiro atoms. The Labute approximate surface area is 542 Å². The normalized spacial score (nSPS) is 10.7. The fraction of sp³-hybridized carbons (Fsp3) is 0.224. The van der Waals surface area contributed by atoms with Gasteiger partial charge < -0.3 is 43.7 Å². The van der Waals surface area contributed by atoms with Crippen molar-refractivity contribution in [2.75, 3.05) is 57.1 Å². The second kappa shape index (κ2) is 29.9. The molecule has 472 valence electrons. The smallest absolute Gasteiger partial charge is 0.348 e. The molecular formula is C58H66FN25O2S5. The minimum absolute atomic E-state index is 0.0926. The van der Waals surface area contributed by atoms with Crippen LogP contribution in [0.4, 0.5) is 28.2 Å². The number of nitrogens with zero attached hydrogens (tertiary/aromatic N) is 18. The van der Waals surface area contributed by atoms with Crippen molar-refractivity contribution in [3.05, 3.63) is 125 Å². The van der Waals surface area contributed by atoms with Crippen LogP contribution in [0.2, 0.25) is 0 Å². The van der Waals surface area contributed by atoms with E-state index in [4.69, 9.17) is 24.3 Å². The van der Waals surface area contributed by atoms with Gasteiger partial charge in [-0.25, -0.2) is 4.79 Å². The lowest BCUT2D eigenvalue weighted by Gasteiger charge is -2.10. The predicted octanol–water partition coefficient (Wildman–Crippen LogP) is 9.97. The molecule has 14 rings (SSSR count). The SMILES string of the molecule is CNc1nnc(-c2cc3c(C)cncc3s2)n1C.COC(=O)c1cc2c(C)cncc2s1.Cc1cncc2sc(-c3nc(N)n[nH]3)cc12.Cc1cncc2sc(-c3nnc(N(C)C)n3C)cc12.Cc1cncc2sc(-c3nnc(N)n3C)cc12.NN=C(N)N.[2H]CF. The lowest BCUT2D eigenvalue weighted by molar-refractivity contribution is 0.0606. The molecule has 0 aliphatic carbocycles. The van der Waals surface area contributed by atoms with Gasteiger partial charge in [0.15, 0.2) is 23.3 Å². The molecule has 0 bridgehead atoms. The second-order valence-corrected chi connectivity index (χ2v) is 25.3. The molecule has 0 saturated heterocycles. The number of carbonyl (C=O) groups is 1. The number of pyridine rings is 5. The number of halogens is 1. The number of anilines is 4. The number of rotatable bonds is 7. The average Bonchev–Trinajstić information content (AvgIpc) is 1.94. The van der Waals surface area contributed by atoms with Crippen LogP contribution in [0.5, 0.6) is 0 Å². The zero-order chi connectivity index (χ0) is 66.5. The molecule has 0 radical (unpaired) electrons. The number of fused-ring (bicyclic) bond motifs is 5. The topological polar surface area (TPSA) is 382 Å². The van der Waals surface area contributed by atoms with E-state index in [2.05, 4.69) is 137 Å². The zero-order valence-corrected chi connectivity index (χ0v) is 55.6. The summed E-state index contributed by atoms with van der Waals surface area (Å²) in [6, 6.07) is 10.4. The molecule has 14 heterocycles. The van der Waals surface area contributed by atoms with Gasteiger partial charge in [0.1, 0.15) is 4.88 Å². The monoisotopic (exact) mass is 1320 g/mol. The van der Waals surface area contributed by atoms with Crippen molar-refractivity contribution in [2.24, 2.45) is 43.6 Å². The molecule has 0 unspecified atom stereocenters. The number of thiophene rings is 5. The van der Waals surface area contributed by atoms with Crippen LogP contribution >= 0.6 is 56.7 Å². The maximum Gasteiger partial charge on any atom is 0.348 e. The highest BCUT2D eigenvalue weighted by molar-refractivity contribution is 7.23. The fourth-order valence-corrected chi connectivity index (χ4v) is 14.2. The lowest BCUT2D eigenvalue weighted by atomic mass is 10.2. The third-order valence-electron chi connectivity index (χ3n) is 13.4. The first-order valence-corrected chi connectivity index (χ1v) is 31.1. The van der Waals surface area contributed by atoms with Crippen LogP contribution in [0.3, 0.4) is 0 Å². The molecule has 27 nitrogen and oxygen atoms in total. The van der Waals surface area contributed by atoms with E-state index < -0.39 is 7.15 Å². The third-order valence-corrected chi connectivity index (χ3v) is 18.7. The number of H-pyrrole nitrogens is 1. The van der Waals surface area contributed by atoms with Gasteiger partial charge in [-0.3, -0.25) is 48.1 Å². The van der Waals surface area contributed by atoms with Crippen molar-refractivity contribution in [2.45, 2.75) is 34.6 Å². The van der Waals surface area contributed by atoms with Crippen molar-refractivity contribution in [3.8, 4) is 42.8 Å². The fourth-order valence-electron chi connectivity index (χ4n) is 8.75. The molecule has 33 heteroatoms. The first kappa shape index (κ1) is 65.2. The molecule has 0 fully saturated rings. The molecule has 0 aromatic carbocycles. The van der Waals surface area contributed by atoms with Crippen LogP contribution in [0.25, 0.3) is 93.2 Å². The van der Waals surface area contributed by atoms with Gasteiger partial charge in [0, 0.05) is 104 Å². The quantitative estimate of drug-likeness (QED) is 0.0256. The van der Waals surface area contributed by atoms with Crippen LogP contribution < -0.4 is 39.0 Å². The Balaban J connectivity index is 0.000000144. The summed E-state index contributed by atoms with van der Waals surface area (Å²) in [5, 5.41) is 43.2. The molecule has 14 aromatic rings. The summed E-state index contributed by atoms with van der Waals surface area (Å²) >= 11 is 8.07. The minimum Gasteiger partial charge on any atom is -0.465 e. The largest absolute Gasteiger partial charge is 0.465 e. The van der Waals surface area contributed by atoms with Crippen molar-refractivity contribution in [1.82, 2.24) is 84.4 Å². The Morgan fingerprint density at radius 1 is 0.593 bits per heavy atom. The molecule has 0 saturated carbocycles. The number of hydrogen-bond acceptors (Lipinski definition) is 26. The first-order chi connectivity index (χ1) is 44.1. The Kier molecular flexibility index (Phi) is 21.4. The molecule has 91 heavy (non-hydrogen) atoms. The number of guanidine groups is 1. The number of methoxy groups -OCH3 is 1. The number of carbonyl (C=O) groups excluding carboxylic acids is 1. The predicted molar refractivity (Wildman–Crippen MR) is 368 cm³/mol. The van der Waals surface area contributed by atoms with Gasteiger partial charge in [-0.15, -0.1) is 97.5 Å². The Bertz CT molecular complexity index is 4840. The molecule has 0 atom stereocenters. The number of aryl methyl sites for hydroxylation is 5. The molecule has 14 aromatic heterocycles. The highest BCUT2D eigenvalue weighted by Gasteiger charge is 2.18. The summed E-state index contributed by atoms with van der Waals surface area (Å²) < 4.78 is 31.6. The first-order valence-electron chi connectivity index (χ1n) is 27.7. The summed E-state index contributed by atoms with van der Waals surface area (Å²) in [5.41, 5.74) is 26.3. The van der Waals surface area contributed by atoms with E-state index in [-0.39, 0.29) is 17.9 Å². The number of hydrogen-bond donors (Lipinski definition) is 7. The number of esters is 1. The van der Waals surface area contributed by atoms with Crippen molar-refractivity contribution < 1.29 is 15.3 Å². The summed E-state index contributed by atoms with van der Waals surface area (Å²) in [6.07, 6.45) is 18.6. The van der Waals surface area contributed by atoms with Gasteiger partial charge in [-0.05, 0) is 120 Å². The van der Waals surface area contributed by atoms with E-state index in [0.29, 0.717) is 16.6 Å². The zero-order valence-electron chi connectivity index (χ0n) is 52.5. The van der Waals surface area contributed by atoms with Crippen molar-refractivity contribution in [3.63, 3.8) is 0 Å². The van der Waals surface area contributed by atoms with E-state index in [1.54, 1.807) is 62.3 Å². The van der Waals surface area contributed by atoms with Crippen molar-refractivity contribution >= 4 is 143 Å². The average molecular weight is 1330 g/mol. The third kappa shape index (κ3) is 15.3. The van der Waals surface area contributed by atoms with Gasteiger partial charge in [-0.2, -0.15) is 4.98 Å². The van der Waals surface area contributed by atoms with Gasteiger partial charge in [0.05, 0.1) is 58.6 Å². The van der Waals surface area contributed by atoms with Gasteiger partial charge in [0.2, 0.25) is 29.8 Å². The summed E-state index contributed by atoms with van der Waals surface area (Å²) in [5.74, 6) is 9.70. The van der Waals surface area contributed by atoms with Crippen LogP contribution in [0.1, 0.15) is 38.9 Å². The summed E-state index contributed by atoms with van der Waals surface area (Å²) in [4.78, 5) is 43.1. The van der Waals surface area contributed by atoms with Crippen LogP contribution in [0, 0.1) is 34.6 Å². The van der Waals surface area contributed by atoms with E-state index >= 15 is 0 Å². The van der Waals surface area contributed by atoms with Gasteiger partial charge >= 0.3 is 5.97 Å². The molecule has 12 N–H and O–H groups in total. The summed E-state index contributed by atoms with van der Waals surface area (Å²) in [6.45, 7) is 10.2. The number of alkyl halides is 1. The number of aromatic amines is 1. The van der Waals surface area contributed by atoms with E-state index in [0.717, 1.165) is 79.5 Å². The van der Waals surface area contributed by atoms with Gasteiger partial charge in [0.25, 0.3) is 0 Å². The number of nitrogens with two attached hydrogens (primary N) is 5. The standard InChI is InChI=1S/C13H15N5S.C12H13N5S.C11H11N5S.C10H9N5S.C10H9NO2S.CH3F.CH6N4/c1-8-6-14-7-11-9(8)5-10(19-11)12-15-16-13(17(2)3)18(12)4;1-7-5-14-6-10-8(7)4-9(18-10)11-15-16-12(13-2)17(11)3;1-6-4-13-5-9-7(6)3-8(17-9)10-14-15-11(12)16(10)2;1-5-3-12-4-8-6(5)2-7(16-8)9-13-10(11)15-14-9;1-6-4-11-5-9-7(6)3-8(14-9)10(12)13-2;1-2;2-1(3)5-4/h5-7H,1-4H3;4-6H,1-3H3,(H,13,16);3-5H,1-2H3,(H2,12,15);2-4H,1H3,(H3,11,13,14,15);3-5H,1-2H3;1H3;4H2,(H4,2,3,5)/i;;;;;1D;. The number of aromatic nitrogens is 17. The van der Waals surface area contributed by atoms with Crippen molar-refractivity contribution in [1.29, 1.82) is 0 Å². The molecule has 0 aliphatic rings. The maximum absolute atomic E-state index is 11.3. The molecule has 0 amide bonds. The second-order valence-electron chi connectivity index (χ2n) is 19.9. The summed E-state index contributed by atoms with van der Waals surface area (Å²) in [7, 11) is 12.0. The highest BCUT2D eigenvalue weighted by atomic mass is 32.1. The number of ether oxygens (including phenoxy) is 1. The Morgan fingerprint density at radius 2 is 0.967 bits per heavy atom.